The average Bonchev–Trinajstić information content (AvgIpc) is 2.49. The summed E-state index contributed by atoms with van der Waals surface area (Å²) in [5.74, 6) is -0.300. The Morgan fingerprint density at radius 2 is 2.31 bits per heavy atom. The lowest BCUT2D eigenvalue weighted by atomic mass is 10.2. The summed E-state index contributed by atoms with van der Waals surface area (Å²) in [6.07, 6.45) is 0. The van der Waals surface area contributed by atoms with E-state index in [-0.39, 0.29) is 6.54 Å². The van der Waals surface area contributed by atoms with E-state index in [1.54, 1.807) is 11.3 Å². The van der Waals surface area contributed by atoms with Crippen molar-refractivity contribution in [1.29, 1.82) is 0 Å². The van der Waals surface area contributed by atoms with Crippen LogP contribution in [0.25, 0.3) is 0 Å². The van der Waals surface area contributed by atoms with Crippen LogP contribution in [0.4, 0.5) is 0 Å². The molecule has 0 amide bonds. The summed E-state index contributed by atoms with van der Waals surface area (Å²) in [6, 6.07) is 1.99. The van der Waals surface area contributed by atoms with Crippen LogP contribution in [0.2, 0.25) is 0 Å². The highest BCUT2D eigenvalue weighted by molar-refractivity contribution is 9.10. The minimum atomic E-state index is -0.770. The van der Waals surface area contributed by atoms with Gasteiger partial charge in [0.05, 0.1) is 6.54 Å². The number of hydrogen-bond acceptors (Lipinski definition) is 3. The molecule has 0 spiro atoms. The Morgan fingerprint density at radius 1 is 1.62 bits per heavy atom. The van der Waals surface area contributed by atoms with Crippen LogP contribution in [0, 0.1) is 5.92 Å². The fourth-order valence-electron chi connectivity index (χ4n) is 1.53. The molecule has 0 aliphatic heterocycles. The van der Waals surface area contributed by atoms with Crippen molar-refractivity contribution in [3.8, 4) is 0 Å². The molecule has 0 fully saturated rings. The van der Waals surface area contributed by atoms with Crippen LogP contribution in [0.3, 0.4) is 0 Å². The van der Waals surface area contributed by atoms with Crippen molar-refractivity contribution in [3.63, 3.8) is 0 Å². The zero-order chi connectivity index (χ0) is 12.1. The van der Waals surface area contributed by atoms with Crippen LogP contribution < -0.4 is 0 Å². The van der Waals surface area contributed by atoms with E-state index in [1.807, 2.05) is 16.3 Å². The summed E-state index contributed by atoms with van der Waals surface area (Å²) >= 11 is 5.11. The first-order valence-corrected chi connectivity index (χ1v) is 6.82. The predicted octanol–water partition coefficient (Wildman–Crippen LogP) is 3.05. The van der Waals surface area contributed by atoms with E-state index in [2.05, 4.69) is 29.8 Å². The lowest BCUT2D eigenvalue weighted by molar-refractivity contribution is -0.138. The molecule has 0 radical (unpaired) electrons. The molecule has 0 bridgehead atoms. The third-order valence-corrected chi connectivity index (χ3v) is 3.95. The van der Waals surface area contributed by atoms with Gasteiger partial charge < -0.3 is 5.11 Å². The van der Waals surface area contributed by atoms with E-state index >= 15 is 0 Å². The maximum absolute atomic E-state index is 10.8. The van der Waals surface area contributed by atoms with Gasteiger partial charge in [-0.25, -0.2) is 0 Å². The van der Waals surface area contributed by atoms with Gasteiger partial charge in [0.15, 0.2) is 0 Å². The third-order valence-electron chi connectivity index (χ3n) is 2.04. The highest BCUT2D eigenvalue weighted by atomic mass is 79.9. The first-order valence-electron chi connectivity index (χ1n) is 5.15. The second-order valence-electron chi connectivity index (χ2n) is 4.15. The number of carboxylic acid groups (broad SMARTS) is 1. The average molecular weight is 306 g/mol. The molecule has 1 heterocycles. The van der Waals surface area contributed by atoms with Gasteiger partial charge >= 0.3 is 5.97 Å². The molecule has 0 aromatic carbocycles. The number of hydrogen-bond donors (Lipinski definition) is 1. The zero-order valence-corrected chi connectivity index (χ0v) is 11.8. The minimum absolute atomic E-state index is 0.0997. The first-order chi connectivity index (χ1) is 7.49. The molecular formula is C11H16BrNO2S. The maximum atomic E-state index is 10.8. The van der Waals surface area contributed by atoms with Crippen molar-refractivity contribution in [2.75, 3.05) is 13.1 Å². The molecule has 1 rings (SSSR count). The summed E-state index contributed by atoms with van der Waals surface area (Å²) in [4.78, 5) is 13.9. The number of halogens is 1. The molecule has 1 aromatic heterocycles. The van der Waals surface area contributed by atoms with E-state index in [0.717, 1.165) is 11.0 Å². The van der Waals surface area contributed by atoms with Crippen molar-refractivity contribution in [2.24, 2.45) is 5.92 Å². The summed E-state index contributed by atoms with van der Waals surface area (Å²) in [7, 11) is 0. The van der Waals surface area contributed by atoms with Crippen LogP contribution >= 0.6 is 27.3 Å². The summed E-state index contributed by atoms with van der Waals surface area (Å²) in [6.45, 7) is 5.79. The van der Waals surface area contributed by atoms with Gasteiger partial charge in [0, 0.05) is 22.4 Å². The van der Waals surface area contributed by atoms with Gasteiger partial charge in [-0.3, -0.25) is 9.69 Å². The van der Waals surface area contributed by atoms with Crippen molar-refractivity contribution in [3.05, 3.63) is 20.8 Å². The number of rotatable bonds is 6. The van der Waals surface area contributed by atoms with Crippen LogP contribution in [-0.4, -0.2) is 29.1 Å². The molecule has 0 saturated carbocycles. The molecule has 1 aromatic rings. The molecule has 0 aliphatic carbocycles. The number of carbonyl (C=O) groups is 1. The van der Waals surface area contributed by atoms with Gasteiger partial charge in [0.25, 0.3) is 0 Å². The zero-order valence-electron chi connectivity index (χ0n) is 9.44. The van der Waals surface area contributed by atoms with Gasteiger partial charge in [-0.1, -0.05) is 13.8 Å². The molecule has 90 valence electrons. The Labute approximate surface area is 108 Å². The second-order valence-corrected chi connectivity index (χ2v) is 6.00. The molecule has 0 aliphatic rings. The third kappa shape index (κ3) is 4.63. The van der Waals surface area contributed by atoms with Gasteiger partial charge in [-0.2, -0.15) is 0 Å². The van der Waals surface area contributed by atoms with Crippen molar-refractivity contribution in [2.45, 2.75) is 20.4 Å². The van der Waals surface area contributed by atoms with Gasteiger partial charge in [-0.05, 0) is 33.3 Å². The van der Waals surface area contributed by atoms with E-state index in [1.165, 1.54) is 4.88 Å². The molecule has 1 N–H and O–H groups in total. The SMILES string of the molecule is CC(C)CN(CC(=O)O)Cc1sccc1Br. The minimum Gasteiger partial charge on any atom is -0.480 e. The Kier molecular flexibility index (Phi) is 5.44. The smallest absolute Gasteiger partial charge is 0.317 e. The lowest BCUT2D eigenvalue weighted by Gasteiger charge is -2.21. The summed E-state index contributed by atoms with van der Waals surface area (Å²) in [5, 5.41) is 10.9. The fourth-order valence-corrected chi connectivity index (χ4v) is 3.05. The molecule has 0 unspecified atom stereocenters. The van der Waals surface area contributed by atoms with Crippen LogP contribution in [-0.2, 0) is 11.3 Å². The molecular weight excluding hydrogens is 290 g/mol. The van der Waals surface area contributed by atoms with Gasteiger partial charge in [0.1, 0.15) is 0 Å². The maximum Gasteiger partial charge on any atom is 0.317 e. The Bertz CT molecular complexity index is 352. The van der Waals surface area contributed by atoms with E-state index in [4.69, 9.17) is 5.11 Å². The second kappa shape index (κ2) is 6.37. The van der Waals surface area contributed by atoms with Crippen LogP contribution in [0.15, 0.2) is 15.9 Å². The molecule has 3 nitrogen and oxygen atoms in total. The largest absolute Gasteiger partial charge is 0.480 e. The lowest BCUT2D eigenvalue weighted by Crippen LogP contribution is -2.32. The quantitative estimate of drug-likeness (QED) is 0.878. The van der Waals surface area contributed by atoms with E-state index < -0.39 is 5.97 Å². The number of thiophene rings is 1. The molecule has 5 heteroatoms. The standard InChI is InChI=1S/C11H16BrNO2S/c1-8(2)5-13(7-11(14)15)6-10-9(12)3-4-16-10/h3-4,8H,5-7H2,1-2H3,(H,14,15). The van der Waals surface area contributed by atoms with Crippen molar-refractivity contribution < 1.29 is 9.90 Å². The molecule has 0 saturated heterocycles. The summed E-state index contributed by atoms with van der Waals surface area (Å²) < 4.78 is 1.07. The van der Waals surface area contributed by atoms with Crippen LogP contribution in [0.5, 0.6) is 0 Å². The monoisotopic (exact) mass is 305 g/mol. The van der Waals surface area contributed by atoms with Crippen molar-refractivity contribution in [1.82, 2.24) is 4.90 Å². The van der Waals surface area contributed by atoms with Gasteiger partial charge in [0.2, 0.25) is 0 Å². The van der Waals surface area contributed by atoms with E-state index in [0.29, 0.717) is 12.5 Å². The molecule has 16 heavy (non-hydrogen) atoms. The highest BCUT2D eigenvalue weighted by Crippen LogP contribution is 2.24. The Hall–Kier alpha value is -0.390. The summed E-state index contributed by atoms with van der Waals surface area (Å²) in [5.41, 5.74) is 0. The first kappa shape index (κ1) is 13.7. The Balaban J connectivity index is 2.62. The van der Waals surface area contributed by atoms with Crippen molar-refractivity contribution >= 4 is 33.2 Å². The molecule has 0 atom stereocenters. The van der Waals surface area contributed by atoms with Crippen LogP contribution in [0.1, 0.15) is 18.7 Å². The topological polar surface area (TPSA) is 40.5 Å². The van der Waals surface area contributed by atoms with E-state index in [9.17, 15) is 4.79 Å². The number of aliphatic carboxylic acids is 1. The number of nitrogens with zero attached hydrogens (tertiary/aromatic N) is 1. The highest BCUT2D eigenvalue weighted by Gasteiger charge is 2.13. The fraction of sp³-hybridized carbons (Fsp3) is 0.545. The number of carboxylic acids is 1. The van der Waals surface area contributed by atoms with Gasteiger partial charge in [-0.15, -0.1) is 11.3 Å². The normalized spacial score (nSPS) is 11.3. The Morgan fingerprint density at radius 3 is 2.75 bits per heavy atom. The predicted molar refractivity (Wildman–Crippen MR) is 69.8 cm³/mol.